The second-order valence-electron chi connectivity index (χ2n) is 5.16. The van der Waals surface area contributed by atoms with Gasteiger partial charge in [-0.25, -0.2) is 14.2 Å². The van der Waals surface area contributed by atoms with Crippen LogP contribution >= 0.6 is 12.2 Å². The molecule has 0 aromatic heterocycles. The Bertz CT molecular complexity index is 532. The predicted octanol–water partition coefficient (Wildman–Crippen LogP) is 0.945. The van der Waals surface area contributed by atoms with Gasteiger partial charge in [-0.05, 0) is 24.8 Å². The molecule has 1 aromatic rings. The third-order valence-corrected chi connectivity index (χ3v) is 3.87. The number of hydrogen-bond acceptors (Lipinski definition) is 4. The summed E-state index contributed by atoms with van der Waals surface area (Å²) in [5.74, 6) is -0.870. The van der Waals surface area contributed by atoms with Crippen LogP contribution < -0.4 is 21.5 Å². The van der Waals surface area contributed by atoms with Crippen LogP contribution in [0.3, 0.4) is 0 Å². The van der Waals surface area contributed by atoms with E-state index in [1.807, 2.05) is 4.90 Å². The molecule has 1 aliphatic rings. The number of anilines is 1. The van der Waals surface area contributed by atoms with Crippen molar-refractivity contribution in [3.8, 4) is 0 Å². The van der Waals surface area contributed by atoms with Crippen molar-refractivity contribution in [2.75, 3.05) is 37.6 Å². The summed E-state index contributed by atoms with van der Waals surface area (Å²) < 4.78 is 28.4. The molecular weight excluding hydrogens is 308 g/mol. The summed E-state index contributed by atoms with van der Waals surface area (Å²) in [6, 6.07) is 2.47. The Morgan fingerprint density at radius 2 is 1.91 bits per heavy atom. The van der Waals surface area contributed by atoms with Crippen molar-refractivity contribution in [1.29, 1.82) is 0 Å². The summed E-state index contributed by atoms with van der Waals surface area (Å²) in [6.45, 7) is 6.28. The smallest absolute Gasteiger partial charge is 0.178 e. The van der Waals surface area contributed by atoms with Crippen molar-refractivity contribution in [2.45, 2.75) is 13.5 Å². The molecule has 2 rings (SSSR count). The number of nitrogens with one attached hydrogen (secondary N) is 2. The fourth-order valence-electron chi connectivity index (χ4n) is 2.49. The zero-order chi connectivity index (χ0) is 16.1. The number of likely N-dealkylation sites (N-methyl/N-ethyl adjacent to an activating group) is 1. The van der Waals surface area contributed by atoms with Crippen LogP contribution in [0, 0.1) is 11.6 Å². The molecular formula is C14H21F2N5S. The molecule has 0 saturated carbocycles. The van der Waals surface area contributed by atoms with Gasteiger partial charge in [-0.15, -0.1) is 0 Å². The first-order valence-electron chi connectivity index (χ1n) is 7.24. The maximum atomic E-state index is 14.3. The molecule has 0 amide bonds. The lowest BCUT2D eigenvalue weighted by molar-refractivity contribution is 0.270. The normalized spacial score (nSPS) is 15.9. The molecule has 0 atom stereocenters. The van der Waals surface area contributed by atoms with E-state index in [1.54, 1.807) is 0 Å². The molecule has 1 heterocycles. The van der Waals surface area contributed by atoms with Gasteiger partial charge >= 0.3 is 0 Å². The molecule has 122 valence electrons. The number of rotatable bonds is 5. The standard InChI is InChI=1S/C14H21F2N5S/c1-2-20-3-5-21(6-4-20)13-8-11(15)10(7-12(13)16)9-18-19-14(17)22/h7-8,18H,2-6,9H2,1H3,(H3,17,19,22). The van der Waals surface area contributed by atoms with E-state index in [9.17, 15) is 8.78 Å². The van der Waals surface area contributed by atoms with Crippen molar-refractivity contribution in [1.82, 2.24) is 15.8 Å². The first kappa shape index (κ1) is 16.9. The van der Waals surface area contributed by atoms with E-state index in [1.165, 1.54) is 12.1 Å². The first-order chi connectivity index (χ1) is 10.5. The molecule has 1 aliphatic heterocycles. The van der Waals surface area contributed by atoms with E-state index < -0.39 is 11.6 Å². The number of hydrazine groups is 1. The summed E-state index contributed by atoms with van der Waals surface area (Å²) in [5.41, 5.74) is 10.9. The van der Waals surface area contributed by atoms with Crippen molar-refractivity contribution in [3.63, 3.8) is 0 Å². The van der Waals surface area contributed by atoms with Crippen LogP contribution in [0.4, 0.5) is 14.5 Å². The van der Waals surface area contributed by atoms with Crippen LogP contribution in [0.1, 0.15) is 12.5 Å². The molecule has 22 heavy (non-hydrogen) atoms. The number of benzene rings is 1. The van der Waals surface area contributed by atoms with Crippen LogP contribution in [0.5, 0.6) is 0 Å². The van der Waals surface area contributed by atoms with Gasteiger partial charge in [0.1, 0.15) is 11.6 Å². The van der Waals surface area contributed by atoms with Gasteiger partial charge in [-0.1, -0.05) is 6.92 Å². The average Bonchev–Trinajstić information content (AvgIpc) is 2.50. The zero-order valence-corrected chi connectivity index (χ0v) is 13.3. The Balaban J connectivity index is 2.04. The molecule has 4 N–H and O–H groups in total. The maximum absolute atomic E-state index is 14.3. The molecule has 1 saturated heterocycles. The highest BCUT2D eigenvalue weighted by Gasteiger charge is 2.20. The van der Waals surface area contributed by atoms with Crippen molar-refractivity contribution in [2.24, 2.45) is 5.73 Å². The van der Waals surface area contributed by atoms with Gasteiger partial charge in [0.25, 0.3) is 0 Å². The Morgan fingerprint density at radius 3 is 2.50 bits per heavy atom. The van der Waals surface area contributed by atoms with Gasteiger partial charge < -0.3 is 15.5 Å². The van der Waals surface area contributed by atoms with Crippen LogP contribution in [-0.2, 0) is 6.54 Å². The number of nitrogens with two attached hydrogens (primary N) is 1. The minimum absolute atomic E-state index is 0.0475. The minimum atomic E-state index is -0.452. The summed E-state index contributed by atoms with van der Waals surface area (Å²) >= 11 is 4.62. The maximum Gasteiger partial charge on any atom is 0.178 e. The SMILES string of the molecule is CCN1CCN(c2cc(F)c(CNNC(N)=S)cc2F)CC1. The highest BCUT2D eigenvalue weighted by Crippen LogP contribution is 2.24. The summed E-state index contributed by atoms with van der Waals surface area (Å²) in [5, 5.41) is 0.0475. The number of thiocarbonyl (C=S) groups is 1. The molecule has 5 nitrogen and oxygen atoms in total. The highest BCUT2D eigenvalue weighted by molar-refractivity contribution is 7.80. The molecule has 0 unspecified atom stereocenters. The molecule has 8 heteroatoms. The van der Waals surface area contributed by atoms with Gasteiger partial charge in [0.2, 0.25) is 0 Å². The predicted molar refractivity (Wildman–Crippen MR) is 87.4 cm³/mol. The fourth-order valence-corrected chi connectivity index (χ4v) is 2.56. The third kappa shape index (κ3) is 4.25. The van der Waals surface area contributed by atoms with Crippen LogP contribution in [0.2, 0.25) is 0 Å². The number of piperazine rings is 1. The average molecular weight is 329 g/mol. The quantitative estimate of drug-likeness (QED) is 0.552. The lowest BCUT2D eigenvalue weighted by Gasteiger charge is -2.35. The van der Waals surface area contributed by atoms with E-state index in [2.05, 4.69) is 34.9 Å². The van der Waals surface area contributed by atoms with E-state index in [4.69, 9.17) is 5.73 Å². The minimum Gasteiger partial charge on any atom is -0.375 e. The Labute approximate surface area is 134 Å². The van der Waals surface area contributed by atoms with Crippen molar-refractivity contribution >= 4 is 23.0 Å². The molecule has 1 aromatic carbocycles. The molecule has 0 spiro atoms. The second-order valence-corrected chi connectivity index (χ2v) is 5.60. The molecule has 0 radical (unpaired) electrons. The molecule has 0 bridgehead atoms. The largest absolute Gasteiger partial charge is 0.375 e. The highest BCUT2D eigenvalue weighted by atomic mass is 32.1. The van der Waals surface area contributed by atoms with E-state index in [0.29, 0.717) is 18.8 Å². The second kappa shape index (κ2) is 7.66. The zero-order valence-electron chi connectivity index (χ0n) is 12.5. The topological polar surface area (TPSA) is 56.6 Å². The van der Waals surface area contributed by atoms with Gasteiger partial charge in [0.05, 0.1) is 5.69 Å². The Morgan fingerprint density at radius 1 is 1.23 bits per heavy atom. The lowest BCUT2D eigenvalue weighted by Crippen LogP contribution is -2.46. The van der Waals surface area contributed by atoms with Gasteiger partial charge in [-0.3, -0.25) is 5.43 Å². The summed E-state index contributed by atoms with van der Waals surface area (Å²) in [4.78, 5) is 4.17. The Kier molecular flexibility index (Phi) is 5.87. The van der Waals surface area contributed by atoms with E-state index >= 15 is 0 Å². The molecule has 0 aliphatic carbocycles. The van der Waals surface area contributed by atoms with Crippen molar-refractivity contribution < 1.29 is 8.78 Å². The van der Waals surface area contributed by atoms with Gasteiger partial charge in [0, 0.05) is 44.4 Å². The fraction of sp³-hybridized carbons (Fsp3) is 0.500. The van der Waals surface area contributed by atoms with E-state index in [0.717, 1.165) is 19.6 Å². The third-order valence-electron chi connectivity index (χ3n) is 3.77. The first-order valence-corrected chi connectivity index (χ1v) is 7.65. The van der Waals surface area contributed by atoms with Crippen LogP contribution in [0.25, 0.3) is 0 Å². The van der Waals surface area contributed by atoms with Crippen LogP contribution in [-0.4, -0.2) is 42.7 Å². The van der Waals surface area contributed by atoms with Crippen LogP contribution in [0.15, 0.2) is 12.1 Å². The number of hydrogen-bond donors (Lipinski definition) is 3. The van der Waals surface area contributed by atoms with E-state index in [-0.39, 0.29) is 17.2 Å². The number of halogens is 2. The van der Waals surface area contributed by atoms with Crippen molar-refractivity contribution in [3.05, 3.63) is 29.3 Å². The molecule has 1 fully saturated rings. The summed E-state index contributed by atoms with van der Waals surface area (Å²) in [6.07, 6.45) is 0. The van der Waals surface area contributed by atoms with Gasteiger partial charge in [0.15, 0.2) is 5.11 Å². The monoisotopic (exact) mass is 329 g/mol. The lowest BCUT2D eigenvalue weighted by atomic mass is 10.1. The Hall–Kier alpha value is -1.51. The van der Waals surface area contributed by atoms with Gasteiger partial charge in [-0.2, -0.15) is 0 Å². The number of nitrogens with zero attached hydrogens (tertiary/aromatic N) is 2. The summed E-state index contributed by atoms with van der Waals surface area (Å²) in [7, 11) is 0.